The highest BCUT2D eigenvalue weighted by Crippen LogP contribution is 2.66. The highest BCUT2D eigenvalue weighted by molar-refractivity contribution is 6.57. The smallest absolute Gasteiger partial charge is 0.343 e. The van der Waals surface area contributed by atoms with E-state index in [-0.39, 0.29) is 31.2 Å². The summed E-state index contributed by atoms with van der Waals surface area (Å²) in [5.74, 6) is -1.18. The molecule has 0 aromatic heterocycles. The molecule has 0 spiro atoms. The van der Waals surface area contributed by atoms with Crippen LogP contribution in [0.2, 0.25) is 0 Å². The van der Waals surface area contributed by atoms with Crippen LogP contribution in [0.3, 0.4) is 0 Å². The molecule has 2 saturated carbocycles. The first-order chi connectivity index (χ1) is 11.6. The second kappa shape index (κ2) is 7.45. The summed E-state index contributed by atoms with van der Waals surface area (Å²) in [4.78, 5) is 23.9. The molecule has 25 heavy (non-hydrogen) atoms. The van der Waals surface area contributed by atoms with Crippen LogP contribution in [0.1, 0.15) is 46.5 Å². The summed E-state index contributed by atoms with van der Waals surface area (Å²) < 4.78 is 9.28. The number of halogens is 2. The minimum atomic E-state index is -1.62. The SMILES string of the molecule is C/C=C/CC(Cl)(Cl)C(=O)OCCO[C@H]1C[C@@H]2CC[C@@]1(C(=O)O)C2(C)C. The average molecular weight is 393 g/mol. The number of allylic oxidation sites excluding steroid dienone is 2. The van der Waals surface area contributed by atoms with Crippen molar-refractivity contribution in [1.29, 1.82) is 0 Å². The van der Waals surface area contributed by atoms with Gasteiger partial charge in [0.05, 0.1) is 18.1 Å². The van der Waals surface area contributed by atoms with Gasteiger partial charge in [-0.3, -0.25) is 4.79 Å². The van der Waals surface area contributed by atoms with Crippen molar-refractivity contribution in [3.05, 3.63) is 12.2 Å². The van der Waals surface area contributed by atoms with Crippen molar-refractivity contribution in [3.63, 3.8) is 0 Å². The number of carbonyl (C=O) groups is 2. The van der Waals surface area contributed by atoms with Crippen LogP contribution in [0.5, 0.6) is 0 Å². The zero-order chi connectivity index (χ0) is 18.9. The van der Waals surface area contributed by atoms with Crippen LogP contribution in [-0.2, 0) is 19.1 Å². The lowest BCUT2D eigenvalue weighted by molar-refractivity contribution is -0.168. The molecule has 0 aliphatic heterocycles. The van der Waals surface area contributed by atoms with E-state index in [1.807, 2.05) is 13.8 Å². The third-order valence-electron chi connectivity index (χ3n) is 6.03. The topological polar surface area (TPSA) is 72.8 Å². The first-order valence-electron chi connectivity index (χ1n) is 8.61. The average Bonchev–Trinajstić information content (AvgIpc) is 2.93. The van der Waals surface area contributed by atoms with E-state index in [1.165, 1.54) is 0 Å². The van der Waals surface area contributed by atoms with Gasteiger partial charge in [-0.25, -0.2) is 4.79 Å². The molecule has 0 aromatic rings. The second-order valence-electron chi connectivity index (χ2n) is 7.44. The zero-order valence-corrected chi connectivity index (χ0v) is 16.4. The summed E-state index contributed by atoms with van der Waals surface area (Å²) in [6, 6.07) is 0. The lowest BCUT2D eigenvalue weighted by Crippen LogP contribution is -2.47. The lowest BCUT2D eigenvalue weighted by Gasteiger charge is -2.38. The number of fused-ring (bicyclic) bond motifs is 2. The minimum absolute atomic E-state index is 0.00679. The Morgan fingerprint density at radius 3 is 2.56 bits per heavy atom. The van der Waals surface area contributed by atoms with Gasteiger partial charge in [0.25, 0.3) is 0 Å². The van der Waals surface area contributed by atoms with E-state index in [1.54, 1.807) is 19.1 Å². The van der Waals surface area contributed by atoms with Crippen LogP contribution < -0.4 is 0 Å². The number of hydrogen-bond donors (Lipinski definition) is 1. The molecule has 2 fully saturated rings. The molecule has 0 amide bonds. The normalized spacial score (nSPS) is 30.8. The molecule has 0 aromatic carbocycles. The van der Waals surface area contributed by atoms with E-state index >= 15 is 0 Å². The fourth-order valence-electron chi connectivity index (χ4n) is 4.41. The van der Waals surface area contributed by atoms with Crippen molar-refractivity contribution >= 4 is 35.1 Å². The van der Waals surface area contributed by atoms with Crippen molar-refractivity contribution in [3.8, 4) is 0 Å². The molecule has 2 rings (SSSR count). The predicted molar refractivity (Wildman–Crippen MR) is 95.8 cm³/mol. The number of carboxylic acid groups (broad SMARTS) is 1. The van der Waals surface area contributed by atoms with Gasteiger partial charge in [0, 0.05) is 6.42 Å². The number of alkyl halides is 2. The molecule has 2 bridgehead atoms. The van der Waals surface area contributed by atoms with Crippen molar-refractivity contribution < 1.29 is 24.2 Å². The van der Waals surface area contributed by atoms with E-state index in [0.717, 1.165) is 12.8 Å². The number of carboxylic acids is 1. The molecule has 0 unspecified atom stereocenters. The van der Waals surface area contributed by atoms with E-state index in [9.17, 15) is 14.7 Å². The molecule has 5 nitrogen and oxygen atoms in total. The van der Waals surface area contributed by atoms with E-state index in [0.29, 0.717) is 12.3 Å². The van der Waals surface area contributed by atoms with Crippen molar-refractivity contribution in [1.82, 2.24) is 0 Å². The Morgan fingerprint density at radius 2 is 2.00 bits per heavy atom. The molecule has 0 radical (unpaired) electrons. The van der Waals surface area contributed by atoms with Gasteiger partial charge in [-0.1, -0.05) is 49.2 Å². The van der Waals surface area contributed by atoms with Crippen LogP contribution in [0.15, 0.2) is 12.2 Å². The molecule has 2 aliphatic rings. The van der Waals surface area contributed by atoms with E-state index < -0.39 is 21.7 Å². The third kappa shape index (κ3) is 3.56. The molecule has 7 heteroatoms. The maximum Gasteiger partial charge on any atom is 0.343 e. The number of carbonyl (C=O) groups excluding carboxylic acids is 1. The van der Waals surface area contributed by atoms with Gasteiger partial charge in [0.15, 0.2) is 0 Å². The molecular weight excluding hydrogens is 367 g/mol. The Kier molecular flexibility index (Phi) is 6.12. The van der Waals surface area contributed by atoms with Crippen molar-refractivity contribution in [2.45, 2.75) is 56.9 Å². The Morgan fingerprint density at radius 1 is 1.32 bits per heavy atom. The molecule has 2 aliphatic carbocycles. The van der Waals surface area contributed by atoms with E-state index in [4.69, 9.17) is 32.7 Å². The number of esters is 1. The second-order valence-corrected chi connectivity index (χ2v) is 8.93. The van der Waals surface area contributed by atoms with Crippen LogP contribution >= 0.6 is 23.2 Å². The summed E-state index contributed by atoms with van der Waals surface area (Å²) in [7, 11) is 0. The number of rotatable bonds is 8. The Labute approximate surface area is 158 Å². The highest BCUT2D eigenvalue weighted by Gasteiger charge is 2.68. The van der Waals surface area contributed by atoms with Crippen LogP contribution in [0.25, 0.3) is 0 Å². The molecular formula is C18H26Cl2O5. The molecule has 0 saturated heterocycles. The lowest BCUT2D eigenvalue weighted by atomic mass is 9.68. The maximum absolute atomic E-state index is 12.0. The van der Waals surface area contributed by atoms with Gasteiger partial charge in [0.2, 0.25) is 4.33 Å². The van der Waals surface area contributed by atoms with Gasteiger partial charge in [-0.15, -0.1) is 0 Å². The molecule has 1 N–H and O–H groups in total. The largest absolute Gasteiger partial charge is 0.481 e. The van der Waals surface area contributed by atoms with Crippen LogP contribution in [0.4, 0.5) is 0 Å². The van der Waals surface area contributed by atoms with Crippen molar-refractivity contribution in [2.24, 2.45) is 16.7 Å². The first kappa shape index (κ1) is 20.5. The highest BCUT2D eigenvalue weighted by atomic mass is 35.5. The Hall–Kier alpha value is -0.780. The molecule has 3 atom stereocenters. The zero-order valence-electron chi connectivity index (χ0n) is 14.9. The summed E-state index contributed by atoms with van der Waals surface area (Å²) >= 11 is 11.9. The summed E-state index contributed by atoms with van der Waals surface area (Å²) in [6.07, 6.45) is 5.50. The number of ether oxygens (including phenoxy) is 2. The van der Waals surface area contributed by atoms with Gasteiger partial charge in [-0.2, -0.15) is 0 Å². The van der Waals surface area contributed by atoms with Gasteiger partial charge in [0.1, 0.15) is 6.61 Å². The maximum atomic E-state index is 12.0. The van der Waals surface area contributed by atoms with Gasteiger partial charge < -0.3 is 14.6 Å². The fraction of sp³-hybridized carbons (Fsp3) is 0.778. The molecule has 142 valence electrons. The first-order valence-corrected chi connectivity index (χ1v) is 9.36. The van der Waals surface area contributed by atoms with Gasteiger partial charge in [-0.05, 0) is 37.5 Å². The number of hydrogen-bond acceptors (Lipinski definition) is 4. The summed E-state index contributed by atoms with van der Waals surface area (Å²) in [5.41, 5.74) is -1.16. The Balaban J connectivity index is 1.87. The van der Waals surface area contributed by atoms with Gasteiger partial charge >= 0.3 is 11.9 Å². The standard InChI is InChI=1S/C18H26Cl2O5/c1-4-5-7-18(19,20)15(23)25-10-9-24-13-11-12-6-8-17(13,14(21)22)16(12,2)3/h4-5,12-13H,6-11H2,1-3H3,(H,21,22)/b5-4+/t12-,13-,17+/m0/s1. The number of aliphatic carboxylic acids is 1. The van der Waals surface area contributed by atoms with Crippen LogP contribution in [0, 0.1) is 16.7 Å². The minimum Gasteiger partial charge on any atom is -0.481 e. The van der Waals surface area contributed by atoms with Crippen LogP contribution in [-0.4, -0.2) is 40.7 Å². The quantitative estimate of drug-likeness (QED) is 0.292. The summed E-state index contributed by atoms with van der Waals surface area (Å²) in [6.45, 7) is 5.95. The predicted octanol–water partition coefficient (Wildman–Crippen LogP) is 3.97. The fourth-order valence-corrected chi connectivity index (χ4v) is 4.69. The monoisotopic (exact) mass is 392 g/mol. The van der Waals surface area contributed by atoms with E-state index in [2.05, 4.69) is 0 Å². The Bertz CT molecular complexity index is 558. The van der Waals surface area contributed by atoms with Crippen molar-refractivity contribution in [2.75, 3.05) is 13.2 Å². The third-order valence-corrected chi connectivity index (χ3v) is 6.65. The molecule has 0 heterocycles. The summed E-state index contributed by atoms with van der Waals surface area (Å²) in [5, 5.41) is 9.82.